The first-order valence-electron chi connectivity index (χ1n) is 7.54. The second kappa shape index (κ2) is 5.58. The first-order chi connectivity index (χ1) is 11.2. The zero-order valence-electron chi connectivity index (χ0n) is 12.9. The van der Waals surface area contributed by atoms with Crippen LogP contribution in [0.5, 0.6) is 0 Å². The summed E-state index contributed by atoms with van der Waals surface area (Å²) in [5.41, 5.74) is 3.28. The van der Waals surface area contributed by atoms with Gasteiger partial charge < -0.3 is 0 Å². The fraction of sp³-hybridized carbons (Fsp3) is 0.235. The van der Waals surface area contributed by atoms with E-state index in [9.17, 15) is 0 Å². The van der Waals surface area contributed by atoms with Gasteiger partial charge >= 0.3 is 0 Å². The Labute approximate surface area is 142 Å². The molecule has 0 bridgehead atoms. The molecule has 0 fully saturated rings. The fourth-order valence-corrected chi connectivity index (χ4v) is 4.29. The Kier molecular flexibility index (Phi) is 3.54. The molecule has 0 radical (unpaired) electrons. The van der Waals surface area contributed by atoms with Gasteiger partial charge in [-0.2, -0.15) is 4.52 Å². The van der Waals surface area contributed by atoms with Crippen molar-refractivity contribution in [3.63, 3.8) is 0 Å². The van der Waals surface area contributed by atoms with Gasteiger partial charge in [0, 0.05) is 11.3 Å². The van der Waals surface area contributed by atoms with Gasteiger partial charge in [0.15, 0.2) is 11.5 Å². The third kappa shape index (κ3) is 2.40. The van der Waals surface area contributed by atoms with Crippen molar-refractivity contribution >= 4 is 38.8 Å². The Morgan fingerprint density at radius 2 is 1.96 bits per heavy atom. The van der Waals surface area contributed by atoms with Crippen LogP contribution in [0.25, 0.3) is 15.9 Å². The zero-order valence-corrected chi connectivity index (χ0v) is 14.4. The van der Waals surface area contributed by atoms with Crippen molar-refractivity contribution in [2.75, 3.05) is 0 Å². The van der Waals surface area contributed by atoms with Crippen LogP contribution in [0.4, 0.5) is 0 Å². The summed E-state index contributed by atoms with van der Waals surface area (Å²) < 4.78 is 1.66. The van der Waals surface area contributed by atoms with E-state index in [4.69, 9.17) is 16.6 Å². The highest BCUT2D eigenvalue weighted by Crippen LogP contribution is 2.33. The molecule has 3 heterocycles. The van der Waals surface area contributed by atoms with Crippen LogP contribution < -0.4 is 0 Å². The van der Waals surface area contributed by atoms with Crippen LogP contribution in [0, 0.1) is 6.92 Å². The number of aromatic nitrogens is 4. The number of thiophene rings is 1. The van der Waals surface area contributed by atoms with Gasteiger partial charge in [-0.25, -0.2) is 9.97 Å². The van der Waals surface area contributed by atoms with Crippen LogP contribution >= 0.6 is 22.9 Å². The Balaban J connectivity index is 1.93. The molecular formula is C17H15ClN4S. The van der Waals surface area contributed by atoms with E-state index in [2.05, 4.69) is 36.1 Å². The molecule has 4 rings (SSSR count). The molecule has 4 nitrogen and oxygen atoms in total. The molecule has 0 amide bonds. The Morgan fingerprint density at radius 1 is 1.17 bits per heavy atom. The average Bonchev–Trinajstić information content (AvgIpc) is 3.09. The molecular weight excluding hydrogens is 328 g/mol. The van der Waals surface area contributed by atoms with Crippen LogP contribution in [0.2, 0.25) is 5.28 Å². The van der Waals surface area contributed by atoms with Crippen molar-refractivity contribution in [3.05, 3.63) is 57.4 Å². The van der Waals surface area contributed by atoms with Crippen LogP contribution in [0.15, 0.2) is 30.3 Å². The largest absolute Gasteiger partial charge is 0.227 e. The molecule has 0 aliphatic rings. The summed E-state index contributed by atoms with van der Waals surface area (Å²) in [7, 11) is 0. The third-order valence-corrected chi connectivity index (χ3v) is 5.28. The molecule has 23 heavy (non-hydrogen) atoms. The van der Waals surface area contributed by atoms with Gasteiger partial charge in [-0.3, -0.25) is 0 Å². The molecule has 0 aliphatic heterocycles. The number of hydrogen-bond acceptors (Lipinski definition) is 4. The predicted molar refractivity (Wildman–Crippen MR) is 94.5 cm³/mol. The lowest BCUT2D eigenvalue weighted by molar-refractivity contribution is 0.885. The summed E-state index contributed by atoms with van der Waals surface area (Å²) >= 11 is 7.98. The Bertz CT molecular complexity index is 1000. The van der Waals surface area contributed by atoms with Crippen molar-refractivity contribution < 1.29 is 0 Å². The summed E-state index contributed by atoms with van der Waals surface area (Å²) in [5.74, 6) is 0.762. The summed E-state index contributed by atoms with van der Waals surface area (Å²) in [4.78, 5) is 11.5. The number of fused-ring (bicyclic) bond motifs is 3. The standard InChI is InChI=1S/C17H15ClN4S/c1-3-12-10(2)23-16-14(12)15-19-13(21-22(15)17(18)20-16)9-11-7-5-4-6-8-11/h4-8H,3,9H2,1-2H3. The maximum atomic E-state index is 6.31. The van der Waals surface area contributed by atoms with E-state index in [1.165, 1.54) is 16.0 Å². The molecule has 0 saturated heterocycles. The Morgan fingerprint density at radius 3 is 2.70 bits per heavy atom. The van der Waals surface area contributed by atoms with Gasteiger partial charge in [-0.15, -0.1) is 16.4 Å². The lowest BCUT2D eigenvalue weighted by Gasteiger charge is -1.99. The molecule has 6 heteroatoms. The lowest BCUT2D eigenvalue weighted by Crippen LogP contribution is -1.95. The lowest BCUT2D eigenvalue weighted by atomic mass is 10.1. The predicted octanol–water partition coefficient (Wildman–Crippen LogP) is 4.45. The van der Waals surface area contributed by atoms with Gasteiger partial charge in [-0.05, 0) is 36.1 Å². The minimum Gasteiger partial charge on any atom is -0.211 e. The number of aryl methyl sites for hydroxylation is 2. The highest BCUT2D eigenvalue weighted by atomic mass is 35.5. The quantitative estimate of drug-likeness (QED) is 0.516. The summed E-state index contributed by atoms with van der Waals surface area (Å²) in [6.07, 6.45) is 1.64. The van der Waals surface area contributed by atoms with Gasteiger partial charge in [0.1, 0.15) is 4.83 Å². The number of halogens is 1. The second-order valence-electron chi connectivity index (χ2n) is 5.48. The van der Waals surface area contributed by atoms with E-state index in [1.807, 2.05) is 18.2 Å². The zero-order chi connectivity index (χ0) is 16.0. The SMILES string of the molecule is CCc1c(C)sc2nc(Cl)n3nc(Cc4ccccc4)nc3c12. The molecule has 0 spiro atoms. The van der Waals surface area contributed by atoms with Crippen molar-refractivity contribution in [2.24, 2.45) is 0 Å². The van der Waals surface area contributed by atoms with E-state index >= 15 is 0 Å². The highest BCUT2D eigenvalue weighted by Gasteiger charge is 2.18. The van der Waals surface area contributed by atoms with E-state index in [-0.39, 0.29) is 0 Å². The number of hydrogen-bond donors (Lipinski definition) is 0. The van der Waals surface area contributed by atoms with Crippen molar-refractivity contribution in [3.8, 4) is 0 Å². The van der Waals surface area contributed by atoms with E-state index in [0.29, 0.717) is 11.7 Å². The minimum atomic E-state index is 0.364. The molecule has 4 aromatic rings. The summed E-state index contributed by atoms with van der Waals surface area (Å²) in [6, 6.07) is 10.2. The molecule has 0 aliphatic carbocycles. The molecule has 3 aromatic heterocycles. The first kappa shape index (κ1) is 14.6. The number of benzene rings is 1. The number of nitrogens with zero attached hydrogens (tertiary/aromatic N) is 4. The van der Waals surface area contributed by atoms with E-state index in [1.54, 1.807) is 15.9 Å². The maximum Gasteiger partial charge on any atom is 0.227 e. The number of rotatable bonds is 3. The summed E-state index contributed by atoms with van der Waals surface area (Å²) in [5, 5.41) is 6.01. The second-order valence-corrected chi connectivity index (χ2v) is 7.02. The van der Waals surface area contributed by atoms with Crippen molar-refractivity contribution in [2.45, 2.75) is 26.7 Å². The normalized spacial score (nSPS) is 11.6. The Hall–Kier alpha value is -1.98. The monoisotopic (exact) mass is 342 g/mol. The summed E-state index contributed by atoms with van der Waals surface area (Å²) in [6.45, 7) is 4.28. The molecule has 0 atom stereocenters. The topological polar surface area (TPSA) is 43.1 Å². The van der Waals surface area contributed by atoms with Crippen LogP contribution in [-0.4, -0.2) is 19.6 Å². The molecule has 1 aromatic carbocycles. The van der Waals surface area contributed by atoms with Crippen LogP contribution in [0.1, 0.15) is 28.8 Å². The first-order valence-corrected chi connectivity index (χ1v) is 8.74. The van der Waals surface area contributed by atoms with E-state index < -0.39 is 0 Å². The van der Waals surface area contributed by atoms with Crippen molar-refractivity contribution in [1.82, 2.24) is 19.6 Å². The van der Waals surface area contributed by atoms with Crippen molar-refractivity contribution in [1.29, 1.82) is 0 Å². The van der Waals surface area contributed by atoms with Crippen LogP contribution in [0.3, 0.4) is 0 Å². The molecule has 0 N–H and O–H groups in total. The molecule has 116 valence electrons. The van der Waals surface area contributed by atoms with Gasteiger partial charge in [-0.1, -0.05) is 37.3 Å². The van der Waals surface area contributed by atoms with Gasteiger partial charge in [0.05, 0.1) is 5.39 Å². The smallest absolute Gasteiger partial charge is 0.211 e. The maximum absolute atomic E-state index is 6.31. The molecule has 0 unspecified atom stereocenters. The average molecular weight is 343 g/mol. The van der Waals surface area contributed by atoms with Gasteiger partial charge in [0.2, 0.25) is 5.28 Å². The minimum absolute atomic E-state index is 0.364. The van der Waals surface area contributed by atoms with Gasteiger partial charge in [0.25, 0.3) is 0 Å². The molecule has 0 saturated carbocycles. The third-order valence-electron chi connectivity index (χ3n) is 3.99. The highest BCUT2D eigenvalue weighted by molar-refractivity contribution is 7.18. The fourth-order valence-electron chi connectivity index (χ4n) is 2.93. The van der Waals surface area contributed by atoms with Crippen LogP contribution in [-0.2, 0) is 12.8 Å². The van der Waals surface area contributed by atoms with E-state index in [0.717, 1.165) is 28.1 Å².